The van der Waals surface area contributed by atoms with Crippen LogP contribution in [0.1, 0.15) is 44.5 Å². The van der Waals surface area contributed by atoms with E-state index >= 15 is 0 Å². The molecule has 0 saturated heterocycles. The fourth-order valence-corrected chi connectivity index (χ4v) is 1.71. The van der Waals surface area contributed by atoms with Gasteiger partial charge in [0.2, 0.25) is 5.91 Å². The van der Waals surface area contributed by atoms with Gasteiger partial charge in [-0.3, -0.25) is 9.78 Å². The molecule has 1 aromatic rings. The Kier molecular flexibility index (Phi) is 14.8. The standard InChI is InChI=1S/C14H14N2.C6H9NO.C2H6/c1-4-6-7-12(5-2)14-10-16-11(3)8-13(14)9-15;1-3-5(4-2)6(7)8;1-2/h4-8,10H,2H2,1,3H3;3-4H,1H2,2H3,(H2,7,8);1-2H3/b6-4-,12-7+;5-4+;. The molecule has 1 heterocycles. The van der Waals surface area contributed by atoms with Gasteiger partial charge in [-0.1, -0.05) is 63.5 Å². The van der Waals surface area contributed by atoms with Crippen molar-refractivity contribution in [1.82, 2.24) is 4.98 Å². The van der Waals surface area contributed by atoms with Gasteiger partial charge in [0, 0.05) is 23.0 Å². The van der Waals surface area contributed by atoms with Crippen molar-refractivity contribution < 1.29 is 4.79 Å². The number of primary amides is 1. The molecule has 0 bridgehead atoms. The minimum Gasteiger partial charge on any atom is -0.366 e. The van der Waals surface area contributed by atoms with E-state index in [4.69, 9.17) is 11.0 Å². The molecule has 0 aliphatic heterocycles. The van der Waals surface area contributed by atoms with Crippen LogP contribution in [0.4, 0.5) is 0 Å². The molecular weight excluding hydrogens is 322 g/mol. The van der Waals surface area contributed by atoms with Crippen LogP contribution in [0.15, 0.2) is 67.5 Å². The van der Waals surface area contributed by atoms with Crippen molar-refractivity contribution in [2.45, 2.75) is 34.6 Å². The van der Waals surface area contributed by atoms with Crippen molar-refractivity contribution in [2.75, 3.05) is 0 Å². The second-order valence-electron chi connectivity index (χ2n) is 4.65. The lowest BCUT2D eigenvalue weighted by Crippen LogP contribution is -2.11. The first-order valence-electron chi connectivity index (χ1n) is 8.36. The zero-order valence-corrected chi connectivity index (χ0v) is 16.4. The van der Waals surface area contributed by atoms with E-state index in [1.165, 1.54) is 6.08 Å². The quantitative estimate of drug-likeness (QED) is 0.596. The Morgan fingerprint density at radius 1 is 1.27 bits per heavy atom. The van der Waals surface area contributed by atoms with E-state index in [1.807, 2.05) is 45.9 Å². The number of hydrogen-bond donors (Lipinski definition) is 1. The molecular formula is C22H29N3O. The van der Waals surface area contributed by atoms with Gasteiger partial charge in [-0.05, 0) is 32.4 Å². The molecule has 0 unspecified atom stereocenters. The first kappa shape index (κ1) is 25.1. The summed E-state index contributed by atoms with van der Waals surface area (Å²) in [5.41, 5.74) is 8.54. The number of hydrogen-bond acceptors (Lipinski definition) is 3. The summed E-state index contributed by atoms with van der Waals surface area (Å²) in [6.45, 7) is 16.7. The topological polar surface area (TPSA) is 79.8 Å². The largest absolute Gasteiger partial charge is 0.366 e. The number of carbonyl (C=O) groups excluding carboxylic acids is 1. The lowest BCUT2D eigenvalue weighted by Gasteiger charge is -2.04. The Bertz CT molecular complexity index is 732. The summed E-state index contributed by atoms with van der Waals surface area (Å²) in [5, 5.41) is 9.06. The van der Waals surface area contributed by atoms with Crippen molar-refractivity contribution in [3.05, 3.63) is 84.3 Å². The number of nitrogens with zero attached hydrogens (tertiary/aromatic N) is 2. The lowest BCUT2D eigenvalue weighted by atomic mass is 10.0. The molecule has 4 nitrogen and oxygen atoms in total. The highest BCUT2D eigenvalue weighted by Gasteiger charge is 2.05. The first-order valence-corrected chi connectivity index (χ1v) is 8.36. The number of aryl methyl sites for hydroxylation is 1. The van der Waals surface area contributed by atoms with Crippen molar-refractivity contribution in [3.8, 4) is 6.07 Å². The van der Waals surface area contributed by atoms with Gasteiger partial charge in [-0.25, -0.2) is 0 Å². The Morgan fingerprint density at radius 3 is 2.23 bits per heavy atom. The van der Waals surface area contributed by atoms with Crippen LogP contribution in [0.25, 0.3) is 5.57 Å². The maximum atomic E-state index is 10.2. The average Bonchev–Trinajstić information content (AvgIpc) is 2.66. The van der Waals surface area contributed by atoms with Crippen LogP contribution >= 0.6 is 0 Å². The van der Waals surface area contributed by atoms with Gasteiger partial charge in [0.25, 0.3) is 0 Å². The molecule has 138 valence electrons. The predicted molar refractivity (Wildman–Crippen MR) is 111 cm³/mol. The highest BCUT2D eigenvalue weighted by Crippen LogP contribution is 2.19. The number of amides is 1. The Morgan fingerprint density at radius 2 is 1.88 bits per heavy atom. The monoisotopic (exact) mass is 351 g/mol. The highest BCUT2D eigenvalue weighted by molar-refractivity contribution is 5.94. The normalized spacial score (nSPS) is 10.6. The van der Waals surface area contributed by atoms with Gasteiger partial charge < -0.3 is 5.73 Å². The number of allylic oxidation sites excluding steroid dienone is 6. The zero-order chi connectivity index (χ0) is 20.5. The molecule has 0 radical (unpaired) electrons. The van der Waals surface area contributed by atoms with Gasteiger partial charge in [-0.2, -0.15) is 5.26 Å². The van der Waals surface area contributed by atoms with Crippen LogP contribution in [0.5, 0.6) is 0 Å². The molecule has 0 aromatic carbocycles. The third-order valence-corrected chi connectivity index (χ3v) is 2.98. The Labute approximate surface area is 157 Å². The van der Waals surface area contributed by atoms with E-state index in [0.717, 1.165) is 16.8 Å². The van der Waals surface area contributed by atoms with Crippen LogP contribution in [0.3, 0.4) is 0 Å². The Balaban J connectivity index is 0. The molecule has 2 N–H and O–H groups in total. The summed E-state index contributed by atoms with van der Waals surface area (Å²) in [6.07, 6.45) is 12.3. The molecule has 0 spiro atoms. The van der Waals surface area contributed by atoms with Gasteiger partial charge in [0.15, 0.2) is 0 Å². The van der Waals surface area contributed by atoms with Crippen LogP contribution in [-0.4, -0.2) is 10.9 Å². The van der Waals surface area contributed by atoms with Crippen molar-refractivity contribution in [2.24, 2.45) is 5.73 Å². The van der Waals surface area contributed by atoms with Crippen molar-refractivity contribution in [3.63, 3.8) is 0 Å². The molecule has 1 amide bonds. The average molecular weight is 351 g/mol. The van der Waals surface area contributed by atoms with Gasteiger partial charge in [-0.15, -0.1) is 0 Å². The van der Waals surface area contributed by atoms with E-state index in [-0.39, 0.29) is 0 Å². The first-order chi connectivity index (χ1) is 12.4. The molecule has 0 aliphatic rings. The van der Waals surface area contributed by atoms with Crippen LogP contribution in [-0.2, 0) is 4.79 Å². The van der Waals surface area contributed by atoms with Crippen LogP contribution < -0.4 is 5.73 Å². The smallest absolute Gasteiger partial charge is 0.248 e. The minimum absolute atomic E-state index is 0.428. The van der Waals surface area contributed by atoms with Crippen molar-refractivity contribution in [1.29, 1.82) is 5.26 Å². The summed E-state index contributed by atoms with van der Waals surface area (Å²) < 4.78 is 0. The Hall–Kier alpha value is -3.19. The van der Waals surface area contributed by atoms with Crippen LogP contribution in [0.2, 0.25) is 0 Å². The number of aromatic nitrogens is 1. The third-order valence-electron chi connectivity index (χ3n) is 2.98. The maximum absolute atomic E-state index is 10.2. The number of nitriles is 1. The summed E-state index contributed by atoms with van der Waals surface area (Å²) in [5.74, 6) is -0.428. The summed E-state index contributed by atoms with van der Waals surface area (Å²) in [7, 11) is 0. The molecule has 0 atom stereocenters. The lowest BCUT2D eigenvalue weighted by molar-refractivity contribution is -0.114. The SMILES string of the molecule is C=C/C(=C\C)C(N)=O.C=C/C(=C\C=C/C)c1cnc(C)cc1C#N.CC. The summed E-state index contributed by atoms with van der Waals surface area (Å²) in [6, 6.07) is 3.96. The van der Waals surface area contributed by atoms with E-state index in [9.17, 15) is 4.79 Å². The molecule has 1 aromatic heterocycles. The molecule has 0 aliphatic carbocycles. The van der Waals surface area contributed by atoms with Crippen LogP contribution in [0, 0.1) is 18.3 Å². The van der Waals surface area contributed by atoms with E-state index in [0.29, 0.717) is 11.1 Å². The van der Waals surface area contributed by atoms with Gasteiger partial charge in [0.1, 0.15) is 0 Å². The van der Waals surface area contributed by atoms with Gasteiger partial charge >= 0.3 is 0 Å². The fourth-order valence-electron chi connectivity index (χ4n) is 1.71. The van der Waals surface area contributed by atoms with E-state index in [1.54, 1.807) is 31.3 Å². The predicted octanol–water partition coefficient (Wildman–Crippen LogP) is 5.04. The van der Waals surface area contributed by atoms with Gasteiger partial charge in [0.05, 0.1) is 11.6 Å². The maximum Gasteiger partial charge on any atom is 0.248 e. The number of carbonyl (C=O) groups is 1. The highest BCUT2D eigenvalue weighted by atomic mass is 16.1. The minimum atomic E-state index is -0.428. The third kappa shape index (κ3) is 9.19. The molecule has 4 heteroatoms. The zero-order valence-electron chi connectivity index (χ0n) is 16.4. The number of nitrogens with two attached hydrogens (primary N) is 1. The van der Waals surface area contributed by atoms with E-state index < -0.39 is 5.91 Å². The van der Waals surface area contributed by atoms with E-state index in [2.05, 4.69) is 24.2 Å². The molecule has 26 heavy (non-hydrogen) atoms. The molecule has 0 fully saturated rings. The number of pyridine rings is 1. The fraction of sp³-hybridized carbons (Fsp3) is 0.227. The second-order valence-corrected chi connectivity index (χ2v) is 4.65. The number of rotatable bonds is 5. The summed E-state index contributed by atoms with van der Waals surface area (Å²) in [4.78, 5) is 14.4. The molecule has 0 saturated carbocycles. The second kappa shape index (κ2) is 15.3. The molecule has 1 rings (SSSR count). The van der Waals surface area contributed by atoms with Crippen molar-refractivity contribution >= 4 is 11.5 Å². The summed E-state index contributed by atoms with van der Waals surface area (Å²) >= 11 is 0.